The summed E-state index contributed by atoms with van der Waals surface area (Å²) in [5.74, 6) is 0.518. The van der Waals surface area contributed by atoms with Gasteiger partial charge < -0.3 is 15.3 Å². The largest absolute Gasteiger partial charge is 0.361 e. The van der Waals surface area contributed by atoms with Crippen LogP contribution in [0.4, 0.5) is 10.1 Å². The number of aliphatic hydroxyl groups is 1. The minimum Gasteiger partial charge on any atom is -0.361 e. The molecule has 0 spiro atoms. The zero-order chi connectivity index (χ0) is 24.1. The van der Waals surface area contributed by atoms with Crippen molar-refractivity contribution in [2.75, 3.05) is 32.0 Å². The van der Waals surface area contributed by atoms with Crippen LogP contribution in [0.1, 0.15) is 24.3 Å². The van der Waals surface area contributed by atoms with E-state index in [4.69, 9.17) is 23.2 Å². The standard InChI is InChI=1S/C27H30Cl2FN3O/c1-33-12-10-21(11-13-33)26(17-31-27(34)32-25-15-22(28)14-23(29)16-25)20-4-2-18(3-5-20)19-6-8-24(30)9-7-19/h2-9,14-16,21,26-27,31-32,34H,10-13,17H2,1H3. The SMILES string of the molecule is CN1CCC(C(CNC(O)Nc2cc(Cl)cc(Cl)c2)c2ccc(-c3ccc(F)cc3)cc2)CC1. The molecule has 1 saturated heterocycles. The Labute approximate surface area is 210 Å². The van der Waals surface area contributed by atoms with Crippen molar-refractivity contribution in [1.29, 1.82) is 0 Å². The van der Waals surface area contributed by atoms with Crippen molar-refractivity contribution in [2.24, 2.45) is 5.92 Å². The number of nitrogens with zero attached hydrogens (tertiary/aromatic N) is 1. The summed E-state index contributed by atoms with van der Waals surface area (Å²) < 4.78 is 13.3. The number of nitrogens with one attached hydrogen (secondary N) is 2. The van der Waals surface area contributed by atoms with E-state index in [-0.39, 0.29) is 11.7 Å². The summed E-state index contributed by atoms with van der Waals surface area (Å²) in [6.45, 7) is 2.75. The maximum absolute atomic E-state index is 13.3. The van der Waals surface area contributed by atoms with E-state index in [0.717, 1.165) is 37.1 Å². The number of halogens is 3. The summed E-state index contributed by atoms with van der Waals surface area (Å²) in [7, 11) is 2.16. The number of aliphatic hydroxyl groups excluding tert-OH is 1. The first kappa shape index (κ1) is 25.0. The van der Waals surface area contributed by atoms with Gasteiger partial charge in [0.05, 0.1) is 0 Å². The summed E-state index contributed by atoms with van der Waals surface area (Å²) in [4.78, 5) is 2.36. The van der Waals surface area contributed by atoms with E-state index < -0.39 is 6.35 Å². The van der Waals surface area contributed by atoms with Crippen LogP contribution in [0.2, 0.25) is 10.0 Å². The summed E-state index contributed by atoms with van der Waals surface area (Å²) >= 11 is 12.1. The van der Waals surface area contributed by atoms with E-state index in [1.54, 1.807) is 30.3 Å². The zero-order valence-corrected chi connectivity index (χ0v) is 20.7. The summed E-state index contributed by atoms with van der Waals surface area (Å²) in [6.07, 6.45) is 1.27. The second kappa shape index (κ2) is 11.5. The molecule has 4 nitrogen and oxygen atoms in total. The van der Waals surface area contributed by atoms with Gasteiger partial charge in [0.15, 0.2) is 6.35 Å². The molecule has 2 unspecified atom stereocenters. The second-order valence-electron chi connectivity index (χ2n) is 8.99. The lowest BCUT2D eigenvalue weighted by atomic mass is 9.79. The maximum atomic E-state index is 13.3. The third-order valence-corrected chi connectivity index (χ3v) is 6.98. The first-order chi connectivity index (χ1) is 16.4. The fourth-order valence-electron chi connectivity index (χ4n) is 4.64. The molecule has 0 aromatic heterocycles. The lowest BCUT2D eigenvalue weighted by Gasteiger charge is -2.35. The van der Waals surface area contributed by atoms with E-state index in [9.17, 15) is 9.50 Å². The fraction of sp³-hybridized carbons (Fsp3) is 0.333. The minimum absolute atomic E-state index is 0.235. The Morgan fingerprint density at radius 3 is 2.09 bits per heavy atom. The van der Waals surface area contributed by atoms with Gasteiger partial charge in [-0.1, -0.05) is 59.6 Å². The average Bonchev–Trinajstić information content (AvgIpc) is 2.80. The van der Waals surface area contributed by atoms with E-state index in [2.05, 4.69) is 46.8 Å². The number of anilines is 1. The van der Waals surface area contributed by atoms with Crippen molar-refractivity contribution in [3.8, 4) is 11.1 Å². The predicted molar refractivity (Wildman–Crippen MR) is 139 cm³/mol. The number of rotatable bonds is 8. The first-order valence-electron chi connectivity index (χ1n) is 11.6. The normalized spacial score (nSPS) is 16.9. The van der Waals surface area contributed by atoms with E-state index >= 15 is 0 Å². The van der Waals surface area contributed by atoms with Gasteiger partial charge in [-0.15, -0.1) is 0 Å². The summed E-state index contributed by atoms with van der Waals surface area (Å²) in [6, 6.07) is 20.1. The summed E-state index contributed by atoms with van der Waals surface area (Å²) in [5, 5.41) is 17.8. The van der Waals surface area contributed by atoms with Crippen LogP contribution in [0.3, 0.4) is 0 Å². The molecule has 0 amide bonds. The van der Waals surface area contributed by atoms with E-state index in [1.165, 1.54) is 17.7 Å². The minimum atomic E-state index is -0.943. The molecule has 2 atom stereocenters. The van der Waals surface area contributed by atoms with Gasteiger partial charge >= 0.3 is 0 Å². The Bertz CT molecular complexity index is 1050. The molecule has 3 N–H and O–H groups in total. The highest BCUT2D eigenvalue weighted by atomic mass is 35.5. The molecule has 34 heavy (non-hydrogen) atoms. The zero-order valence-electron chi connectivity index (χ0n) is 19.1. The molecule has 0 saturated carbocycles. The number of piperidine rings is 1. The third kappa shape index (κ3) is 6.71. The molecule has 1 heterocycles. The Morgan fingerprint density at radius 2 is 1.50 bits per heavy atom. The van der Waals surface area contributed by atoms with Gasteiger partial charge in [-0.25, -0.2) is 4.39 Å². The highest BCUT2D eigenvalue weighted by Crippen LogP contribution is 2.33. The van der Waals surface area contributed by atoms with Crippen LogP contribution in [0.15, 0.2) is 66.7 Å². The Hall–Kier alpha value is -2.15. The molecule has 0 bridgehead atoms. The number of benzene rings is 3. The number of hydrogen-bond donors (Lipinski definition) is 3. The van der Waals surface area contributed by atoms with Crippen LogP contribution in [-0.2, 0) is 0 Å². The van der Waals surface area contributed by atoms with Crippen molar-refractivity contribution >= 4 is 28.9 Å². The topological polar surface area (TPSA) is 47.5 Å². The molecule has 3 aromatic carbocycles. The van der Waals surface area contributed by atoms with Crippen LogP contribution < -0.4 is 10.6 Å². The number of hydrogen-bond acceptors (Lipinski definition) is 4. The second-order valence-corrected chi connectivity index (χ2v) is 9.86. The Balaban J connectivity index is 1.47. The van der Waals surface area contributed by atoms with Crippen LogP contribution >= 0.6 is 23.2 Å². The maximum Gasteiger partial charge on any atom is 0.181 e. The first-order valence-corrected chi connectivity index (χ1v) is 12.3. The van der Waals surface area contributed by atoms with Crippen molar-refractivity contribution in [3.63, 3.8) is 0 Å². The molecule has 7 heteroatoms. The van der Waals surface area contributed by atoms with Gasteiger partial charge in [0.25, 0.3) is 0 Å². The highest BCUT2D eigenvalue weighted by Gasteiger charge is 2.27. The van der Waals surface area contributed by atoms with Crippen molar-refractivity contribution < 1.29 is 9.50 Å². The molecule has 1 aliphatic rings. The molecule has 180 valence electrons. The lowest BCUT2D eigenvalue weighted by molar-refractivity contribution is 0.147. The Morgan fingerprint density at radius 1 is 0.941 bits per heavy atom. The molecule has 0 aliphatic carbocycles. The molecule has 4 rings (SSSR count). The van der Waals surface area contributed by atoms with Crippen molar-refractivity contribution in [3.05, 3.63) is 88.2 Å². The highest BCUT2D eigenvalue weighted by molar-refractivity contribution is 6.35. The molecular weight excluding hydrogens is 472 g/mol. The van der Waals surface area contributed by atoms with E-state index in [0.29, 0.717) is 28.2 Å². The van der Waals surface area contributed by atoms with Crippen LogP contribution in [0.25, 0.3) is 11.1 Å². The lowest BCUT2D eigenvalue weighted by Crippen LogP contribution is -2.41. The smallest absolute Gasteiger partial charge is 0.181 e. The molecule has 1 aliphatic heterocycles. The monoisotopic (exact) mass is 501 g/mol. The Kier molecular flexibility index (Phi) is 8.46. The fourth-order valence-corrected chi connectivity index (χ4v) is 5.16. The van der Waals surface area contributed by atoms with Gasteiger partial charge in [-0.2, -0.15) is 0 Å². The van der Waals surface area contributed by atoms with E-state index in [1.807, 2.05) is 0 Å². The number of likely N-dealkylation sites (tertiary alicyclic amines) is 1. The van der Waals surface area contributed by atoms with Crippen molar-refractivity contribution in [1.82, 2.24) is 10.2 Å². The average molecular weight is 502 g/mol. The predicted octanol–water partition coefficient (Wildman–Crippen LogP) is 6.20. The van der Waals surface area contributed by atoms with Crippen LogP contribution in [-0.4, -0.2) is 43.0 Å². The molecule has 0 radical (unpaired) electrons. The molecular formula is C27H30Cl2FN3O. The third-order valence-electron chi connectivity index (χ3n) is 6.55. The van der Waals surface area contributed by atoms with Crippen molar-refractivity contribution in [2.45, 2.75) is 25.1 Å². The van der Waals surface area contributed by atoms with Gasteiger partial charge in [0.2, 0.25) is 0 Å². The van der Waals surface area contributed by atoms with Gasteiger partial charge in [0, 0.05) is 22.3 Å². The van der Waals surface area contributed by atoms with Crippen LogP contribution in [0, 0.1) is 11.7 Å². The molecule has 1 fully saturated rings. The molecule has 3 aromatic rings. The van der Waals surface area contributed by atoms with Gasteiger partial charge in [0.1, 0.15) is 5.82 Å². The summed E-state index contributed by atoms with van der Waals surface area (Å²) in [5.41, 5.74) is 3.92. The quantitative estimate of drug-likeness (QED) is 0.321. The van der Waals surface area contributed by atoms with Gasteiger partial charge in [-0.05, 0) is 91.8 Å². The van der Waals surface area contributed by atoms with Gasteiger partial charge in [-0.3, -0.25) is 5.32 Å². The van der Waals surface area contributed by atoms with Crippen LogP contribution in [0.5, 0.6) is 0 Å².